The number of anilines is 1. The molecule has 0 fully saturated rings. The van der Waals surface area contributed by atoms with Crippen molar-refractivity contribution in [1.29, 1.82) is 0 Å². The molecular formula is C13H22N2O. The molecule has 0 radical (unpaired) electrons. The van der Waals surface area contributed by atoms with Crippen LogP contribution in [0, 0.1) is 0 Å². The zero-order chi connectivity index (χ0) is 12.0. The Balaban J connectivity index is 2.47. The molecule has 0 aliphatic rings. The van der Waals surface area contributed by atoms with Gasteiger partial charge in [0.2, 0.25) is 0 Å². The molecular weight excluding hydrogens is 200 g/mol. The van der Waals surface area contributed by atoms with Crippen LogP contribution in [0.4, 0.5) is 5.69 Å². The molecule has 2 N–H and O–H groups in total. The average Bonchev–Trinajstić information content (AvgIpc) is 2.25. The molecule has 0 aromatic heterocycles. The SMILES string of the molecule is COCCC(C)N(C)Cc1cccc(N)c1. The van der Waals surface area contributed by atoms with Gasteiger partial charge in [-0.1, -0.05) is 12.1 Å². The summed E-state index contributed by atoms with van der Waals surface area (Å²) >= 11 is 0. The minimum absolute atomic E-state index is 0.515. The predicted molar refractivity (Wildman–Crippen MR) is 68.3 cm³/mol. The Labute approximate surface area is 98.2 Å². The molecule has 0 aliphatic heterocycles. The summed E-state index contributed by atoms with van der Waals surface area (Å²) in [6.07, 6.45) is 1.05. The number of ether oxygens (including phenoxy) is 1. The Hall–Kier alpha value is -1.06. The van der Waals surface area contributed by atoms with Crippen LogP contribution in [0.15, 0.2) is 24.3 Å². The van der Waals surface area contributed by atoms with E-state index in [1.54, 1.807) is 7.11 Å². The lowest BCUT2D eigenvalue weighted by Crippen LogP contribution is -2.29. The molecule has 0 bridgehead atoms. The highest BCUT2D eigenvalue weighted by molar-refractivity contribution is 5.40. The molecule has 0 aliphatic carbocycles. The minimum Gasteiger partial charge on any atom is -0.399 e. The number of hydrogen-bond acceptors (Lipinski definition) is 3. The predicted octanol–water partition coefficient (Wildman–Crippen LogP) is 2.13. The number of nitrogens with two attached hydrogens (primary N) is 1. The van der Waals surface area contributed by atoms with Crippen molar-refractivity contribution in [2.24, 2.45) is 0 Å². The van der Waals surface area contributed by atoms with E-state index in [1.807, 2.05) is 18.2 Å². The van der Waals surface area contributed by atoms with Crippen LogP contribution >= 0.6 is 0 Å². The zero-order valence-corrected chi connectivity index (χ0v) is 10.4. The third-order valence-corrected chi connectivity index (χ3v) is 2.88. The van der Waals surface area contributed by atoms with Crippen LogP contribution in [-0.4, -0.2) is 31.7 Å². The number of benzene rings is 1. The molecule has 3 nitrogen and oxygen atoms in total. The van der Waals surface area contributed by atoms with Crippen molar-refractivity contribution in [2.75, 3.05) is 26.5 Å². The third-order valence-electron chi connectivity index (χ3n) is 2.88. The Bertz CT molecular complexity index is 315. The fourth-order valence-corrected chi connectivity index (χ4v) is 1.64. The maximum Gasteiger partial charge on any atom is 0.0477 e. The van der Waals surface area contributed by atoms with Crippen LogP contribution in [0.3, 0.4) is 0 Å². The number of rotatable bonds is 6. The Morgan fingerprint density at radius 2 is 2.19 bits per heavy atom. The van der Waals surface area contributed by atoms with E-state index in [9.17, 15) is 0 Å². The highest BCUT2D eigenvalue weighted by atomic mass is 16.5. The summed E-state index contributed by atoms with van der Waals surface area (Å²) in [7, 11) is 3.87. The Morgan fingerprint density at radius 1 is 1.44 bits per heavy atom. The summed E-state index contributed by atoms with van der Waals surface area (Å²) in [6, 6.07) is 8.56. The molecule has 0 saturated carbocycles. The van der Waals surface area contributed by atoms with Gasteiger partial charge in [-0.25, -0.2) is 0 Å². The Morgan fingerprint density at radius 3 is 2.81 bits per heavy atom. The normalized spacial score (nSPS) is 13.0. The summed E-state index contributed by atoms with van der Waals surface area (Å²) in [6.45, 7) is 3.95. The first-order chi connectivity index (χ1) is 7.63. The van der Waals surface area contributed by atoms with Crippen LogP contribution in [0.1, 0.15) is 18.9 Å². The van der Waals surface area contributed by atoms with Gasteiger partial charge >= 0.3 is 0 Å². The Kier molecular flexibility index (Phi) is 5.29. The summed E-state index contributed by atoms with van der Waals surface area (Å²) in [5.74, 6) is 0. The second-order valence-electron chi connectivity index (χ2n) is 4.29. The maximum atomic E-state index is 5.75. The van der Waals surface area contributed by atoms with Crippen molar-refractivity contribution in [3.05, 3.63) is 29.8 Å². The average molecular weight is 222 g/mol. The lowest BCUT2D eigenvalue weighted by molar-refractivity contribution is 0.150. The summed E-state index contributed by atoms with van der Waals surface area (Å²) in [5, 5.41) is 0. The highest BCUT2D eigenvalue weighted by Crippen LogP contribution is 2.11. The van der Waals surface area contributed by atoms with Gasteiger partial charge in [-0.15, -0.1) is 0 Å². The summed E-state index contributed by atoms with van der Waals surface area (Å²) in [4.78, 5) is 2.31. The van der Waals surface area contributed by atoms with Crippen molar-refractivity contribution < 1.29 is 4.74 Å². The summed E-state index contributed by atoms with van der Waals surface area (Å²) < 4.78 is 5.09. The van der Waals surface area contributed by atoms with Gasteiger partial charge in [-0.3, -0.25) is 4.90 Å². The van der Waals surface area contributed by atoms with Gasteiger partial charge in [0.05, 0.1) is 0 Å². The lowest BCUT2D eigenvalue weighted by Gasteiger charge is -2.24. The first-order valence-electron chi connectivity index (χ1n) is 5.67. The number of hydrogen-bond donors (Lipinski definition) is 1. The van der Waals surface area contributed by atoms with Gasteiger partial charge < -0.3 is 10.5 Å². The standard InChI is InChI=1S/C13H22N2O/c1-11(7-8-16-3)15(2)10-12-5-4-6-13(14)9-12/h4-6,9,11H,7-8,10,14H2,1-3H3. The van der Waals surface area contributed by atoms with Crippen LogP contribution in [0.5, 0.6) is 0 Å². The summed E-state index contributed by atoms with van der Waals surface area (Å²) in [5.41, 5.74) is 7.84. The molecule has 1 aromatic carbocycles. The van der Waals surface area contributed by atoms with Gasteiger partial charge in [-0.05, 0) is 38.1 Å². The first-order valence-corrected chi connectivity index (χ1v) is 5.67. The molecule has 3 heteroatoms. The second-order valence-corrected chi connectivity index (χ2v) is 4.29. The van der Waals surface area contributed by atoms with Crippen molar-refractivity contribution in [3.63, 3.8) is 0 Å². The van der Waals surface area contributed by atoms with Crippen LogP contribution in [0.25, 0.3) is 0 Å². The molecule has 1 aromatic rings. The quantitative estimate of drug-likeness (QED) is 0.749. The van der Waals surface area contributed by atoms with Crippen molar-refractivity contribution in [2.45, 2.75) is 25.9 Å². The monoisotopic (exact) mass is 222 g/mol. The van der Waals surface area contributed by atoms with Gasteiger partial charge in [0.25, 0.3) is 0 Å². The molecule has 0 spiro atoms. The van der Waals surface area contributed by atoms with E-state index >= 15 is 0 Å². The van der Waals surface area contributed by atoms with Gasteiger partial charge in [0, 0.05) is 32.0 Å². The molecule has 1 atom stereocenters. The first kappa shape index (κ1) is 13.0. The molecule has 0 amide bonds. The van der Waals surface area contributed by atoms with E-state index < -0.39 is 0 Å². The second kappa shape index (κ2) is 6.51. The van der Waals surface area contributed by atoms with Crippen molar-refractivity contribution in [3.8, 4) is 0 Å². The van der Waals surface area contributed by atoms with Crippen LogP contribution < -0.4 is 5.73 Å². The van der Waals surface area contributed by atoms with Crippen molar-refractivity contribution >= 4 is 5.69 Å². The van der Waals surface area contributed by atoms with Gasteiger partial charge in [0.15, 0.2) is 0 Å². The molecule has 1 unspecified atom stereocenters. The molecule has 0 saturated heterocycles. The fourth-order valence-electron chi connectivity index (χ4n) is 1.64. The number of methoxy groups -OCH3 is 1. The van der Waals surface area contributed by atoms with Crippen LogP contribution in [0.2, 0.25) is 0 Å². The van der Waals surface area contributed by atoms with Gasteiger partial charge in [-0.2, -0.15) is 0 Å². The minimum atomic E-state index is 0.515. The van der Waals surface area contributed by atoms with E-state index in [-0.39, 0.29) is 0 Å². The third kappa shape index (κ3) is 4.21. The molecule has 0 heterocycles. The smallest absolute Gasteiger partial charge is 0.0477 e. The van der Waals surface area contributed by atoms with E-state index in [0.29, 0.717) is 6.04 Å². The van der Waals surface area contributed by atoms with E-state index in [0.717, 1.165) is 25.3 Å². The van der Waals surface area contributed by atoms with E-state index in [4.69, 9.17) is 10.5 Å². The zero-order valence-electron chi connectivity index (χ0n) is 10.4. The topological polar surface area (TPSA) is 38.5 Å². The van der Waals surface area contributed by atoms with E-state index in [2.05, 4.69) is 24.9 Å². The number of nitrogen functional groups attached to an aromatic ring is 1. The molecule has 16 heavy (non-hydrogen) atoms. The highest BCUT2D eigenvalue weighted by Gasteiger charge is 2.09. The fraction of sp³-hybridized carbons (Fsp3) is 0.538. The van der Waals surface area contributed by atoms with Gasteiger partial charge in [0.1, 0.15) is 0 Å². The van der Waals surface area contributed by atoms with Crippen LogP contribution in [-0.2, 0) is 11.3 Å². The maximum absolute atomic E-state index is 5.75. The van der Waals surface area contributed by atoms with Crippen molar-refractivity contribution in [1.82, 2.24) is 4.90 Å². The number of nitrogens with zero attached hydrogens (tertiary/aromatic N) is 1. The molecule has 1 rings (SSSR count). The molecule has 90 valence electrons. The largest absolute Gasteiger partial charge is 0.399 e. The van der Waals surface area contributed by atoms with E-state index in [1.165, 1.54) is 5.56 Å². The lowest BCUT2D eigenvalue weighted by atomic mass is 10.1.